The summed E-state index contributed by atoms with van der Waals surface area (Å²) >= 11 is 0. The molecule has 0 spiro atoms. The first kappa shape index (κ1) is 10.5. The Bertz CT molecular complexity index is 499. The number of nitrogens with zero attached hydrogens (tertiary/aromatic N) is 1. The van der Waals surface area contributed by atoms with E-state index in [0.717, 1.165) is 35.6 Å². The fourth-order valence-corrected chi connectivity index (χ4v) is 1.55. The number of hydrogen-bond donors (Lipinski definition) is 3. The molecular weight excluding hydrogens is 200 g/mol. The normalized spacial score (nSPS) is 11.3. The average molecular weight is 216 g/mol. The van der Waals surface area contributed by atoms with Gasteiger partial charge >= 0.3 is 0 Å². The molecule has 16 heavy (non-hydrogen) atoms. The fraction of sp³-hybridized carbons (Fsp3) is 0.250. The Labute approximate surface area is 94.6 Å². The molecule has 1 aromatic heterocycles. The zero-order chi connectivity index (χ0) is 11.4. The van der Waals surface area contributed by atoms with E-state index in [4.69, 9.17) is 5.73 Å². The Morgan fingerprint density at radius 2 is 2.38 bits per heavy atom. The molecule has 2 aromatic rings. The van der Waals surface area contributed by atoms with Crippen molar-refractivity contribution in [3.63, 3.8) is 0 Å². The van der Waals surface area contributed by atoms with Crippen LogP contribution in [0, 0.1) is 0 Å². The quantitative estimate of drug-likeness (QED) is 0.418. The number of anilines is 2. The number of imidazole rings is 1. The second-order valence-corrected chi connectivity index (χ2v) is 3.65. The van der Waals surface area contributed by atoms with Gasteiger partial charge in [-0.1, -0.05) is 12.2 Å². The highest BCUT2D eigenvalue weighted by molar-refractivity contribution is 5.80. The Balaban J connectivity index is 2.08. The molecule has 0 aliphatic carbocycles. The molecule has 0 fully saturated rings. The smallest absolute Gasteiger partial charge is 0.201 e. The van der Waals surface area contributed by atoms with Crippen LogP contribution in [0.3, 0.4) is 0 Å². The second-order valence-electron chi connectivity index (χ2n) is 3.65. The zero-order valence-electron chi connectivity index (χ0n) is 9.33. The first-order chi connectivity index (χ1) is 7.79. The summed E-state index contributed by atoms with van der Waals surface area (Å²) in [4.78, 5) is 7.59. The third kappa shape index (κ3) is 2.34. The van der Waals surface area contributed by atoms with Crippen molar-refractivity contribution in [2.24, 2.45) is 0 Å². The van der Waals surface area contributed by atoms with Crippen LogP contribution in [0.4, 0.5) is 11.6 Å². The monoisotopic (exact) mass is 216 g/mol. The maximum Gasteiger partial charge on any atom is 0.201 e. The van der Waals surface area contributed by atoms with Gasteiger partial charge in [0.1, 0.15) is 0 Å². The minimum absolute atomic E-state index is 0.747. The van der Waals surface area contributed by atoms with Crippen LogP contribution in [0.1, 0.15) is 13.3 Å². The van der Waals surface area contributed by atoms with E-state index < -0.39 is 0 Å². The summed E-state index contributed by atoms with van der Waals surface area (Å²) in [6.07, 6.45) is 5.16. The number of benzene rings is 1. The molecule has 0 aliphatic heterocycles. The molecule has 0 unspecified atom stereocenters. The predicted octanol–water partition coefficient (Wildman–Crippen LogP) is 2.52. The third-order valence-electron chi connectivity index (χ3n) is 2.35. The highest BCUT2D eigenvalue weighted by atomic mass is 15.1. The summed E-state index contributed by atoms with van der Waals surface area (Å²) in [6.45, 7) is 2.89. The number of nitrogens with two attached hydrogens (primary N) is 1. The van der Waals surface area contributed by atoms with Crippen molar-refractivity contribution in [1.29, 1.82) is 0 Å². The Morgan fingerprint density at radius 1 is 1.50 bits per heavy atom. The fourth-order valence-electron chi connectivity index (χ4n) is 1.55. The number of aromatic amines is 1. The molecule has 0 bridgehead atoms. The van der Waals surface area contributed by atoms with Crippen molar-refractivity contribution >= 4 is 22.7 Å². The topological polar surface area (TPSA) is 66.7 Å². The summed E-state index contributed by atoms with van der Waals surface area (Å²) in [5.41, 5.74) is 8.34. The highest BCUT2D eigenvalue weighted by Crippen LogP contribution is 2.16. The first-order valence-corrected chi connectivity index (χ1v) is 5.40. The number of hydrogen-bond acceptors (Lipinski definition) is 3. The minimum atomic E-state index is 0.747. The number of fused-ring (bicyclic) bond motifs is 1. The summed E-state index contributed by atoms with van der Waals surface area (Å²) in [5, 5.41) is 3.23. The molecule has 1 heterocycles. The Kier molecular flexibility index (Phi) is 3.10. The van der Waals surface area contributed by atoms with Gasteiger partial charge in [-0.05, 0) is 31.5 Å². The second kappa shape index (κ2) is 4.70. The van der Waals surface area contributed by atoms with Crippen LogP contribution in [-0.4, -0.2) is 16.5 Å². The van der Waals surface area contributed by atoms with E-state index in [2.05, 4.69) is 21.4 Å². The molecule has 0 radical (unpaired) electrons. The SMILES string of the molecule is C/C=C/CCNc1nc2ccc(N)cc2[nH]1. The zero-order valence-corrected chi connectivity index (χ0v) is 9.33. The van der Waals surface area contributed by atoms with Gasteiger partial charge in [0.15, 0.2) is 0 Å². The molecule has 84 valence electrons. The van der Waals surface area contributed by atoms with Crippen molar-refractivity contribution < 1.29 is 0 Å². The summed E-state index contributed by atoms with van der Waals surface area (Å²) in [6, 6.07) is 5.66. The van der Waals surface area contributed by atoms with Gasteiger partial charge in [-0.25, -0.2) is 4.98 Å². The maximum atomic E-state index is 5.70. The molecule has 4 nitrogen and oxygen atoms in total. The van der Waals surface area contributed by atoms with Crippen molar-refractivity contribution in [3.05, 3.63) is 30.4 Å². The van der Waals surface area contributed by atoms with Crippen LogP contribution >= 0.6 is 0 Å². The Morgan fingerprint density at radius 3 is 3.19 bits per heavy atom. The number of H-pyrrole nitrogens is 1. The molecule has 0 amide bonds. The van der Waals surface area contributed by atoms with Crippen LogP contribution in [0.15, 0.2) is 30.4 Å². The van der Waals surface area contributed by atoms with Gasteiger partial charge in [0.2, 0.25) is 5.95 Å². The van der Waals surface area contributed by atoms with E-state index in [9.17, 15) is 0 Å². The van der Waals surface area contributed by atoms with Crippen LogP contribution in [0.5, 0.6) is 0 Å². The number of allylic oxidation sites excluding steroid dienone is 1. The number of aromatic nitrogens is 2. The van der Waals surface area contributed by atoms with Gasteiger partial charge in [0.25, 0.3) is 0 Å². The van der Waals surface area contributed by atoms with Crippen LogP contribution < -0.4 is 11.1 Å². The van der Waals surface area contributed by atoms with Gasteiger partial charge in [0, 0.05) is 12.2 Å². The van der Waals surface area contributed by atoms with Crippen molar-refractivity contribution in [2.75, 3.05) is 17.6 Å². The van der Waals surface area contributed by atoms with Crippen LogP contribution in [-0.2, 0) is 0 Å². The summed E-state index contributed by atoms with van der Waals surface area (Å²) < 4.78 is 0. The summed E-state index contributed by atoms with van der Waals surface area (Å²) in [5.74, 6) is 0.796. The molecule has 1 aromatic carbocycles. The van der Waals surface area contributed by atoms with Gasteiger partial charge in [-0.3, -0.25) is 0 Å². The van der Waals surface area contributed by atoms with Gasteiger partial charge in [0.05, 0.1) is 11.0 Å². The van der Waals surface area contributed by atoms with E-state index in [1.54, 1.807) is 0 Å². The molecule has 0 saturated carbocycles. The molecular formula is C12H16N4. The van der Waals surface area contributed by atoms with Crippen LogP contribution in [0.25, 0.3) is 11.0 Å². The van der Waals surface area contributed by atoms with E-state index in [1.807, 2.05) is 31.2 Å². The minimum Gasteiger partial charge on any atom is -0.399 e. The lowest BCUT2D eigenvalue weighted by molar-refractivity contribution is 1.04. The average Bonchev–Trinajstić information content (AvgIpc) is 2.66. The lowest BCUT2D eigenvalue weighted by Crippen LogP contribution is -2.01. The van der Waals surface area contributed by atoms with Gasteiger partial charge in [-0.15, -0.1) is 0 Å². The van der Waals surface area contributed by atoms with Crippen molar-refractivity contribution in [2.45, 2.75) is 13.3 Å². The van der Waals surface area contributed by atoms with Crippen molar-refractivity contribution in [1.82, 2.24) is 9.97 Å². The molecule has 4 heteroatoms. The first-order valence-electron chi connectivity index (χ1n) is 5.40. The molecule has 0 atom stereocenters. The van der Waals surface area contributed by atoms with Crippen LogP contribution in [0.2, 0.25) is 0 Å². The Hall–Kier alpha value is -1.97. The molecule has 0 aliphatic rings. The van der Waals surface area contributed by atoms with Crippen molar-refractivity contribution in [3.8, 4) is 0 Å². The third-order valence-corrected chi connectivity index (χ3v) is 2.35. The van der Waals surface area contributed by atoms with Gasteiger partial charge in [-0.2, -0.15) is 0 Å². The van der Waals surface area contributed by atoms with E-state index in [0.29, 0.717) is 0 Å². The molecule has 2 rings (SSSR count). The lowest BCUT2D eigenvalue weighted by atomic mass is 10.3. The lowest BCUT2D eigenvalue weighted by Gasteiger charge is -1.97. The summed E-state index contributed by atoms with van der Waals surface area (Å²) in [7, 11) is 0. The number of rotatable bonds is 4. The predicted molar refractivity (Wildman–Crippen MR) is 68.4 cm³/mol. The molecule has 4 N–H and O–H groups in total. The highest BCUT2D eigenvalue weighted by Gasteiger charge is 2.01. The van der Waals surface area contributed by atoms with E-state index in [1.165, 1.54) is 0 Å². The maximum absolute atomic E-state index is 5.70. The number of nitrogen functional groups attached to an aromatic ring is 1. The van der Waals surface area contributed by atoms with E-state index in [-0.39, 0.29) is 0 Å². The molecule has 0 saturated heterocycles. The standard InChI is InChI=1S/C12H16N4/c1-2-3-4-7-14-12-15-10-6-5-9(13)8-11(10)16-12/h2-3,5-6,8H,4,7,13H2,1H3,(H2,14,15,16)/b3-2+. The van der Waals surface area contributed by atoms with E-state index >= 15 is 0 Å². The largest absolute Gasteiger partial charge is 0.399 e. The van der Waals surface area contributed by atoms with Gasteiger partial charge < -0.3 is 16.0 Å². The number of nitrogens with one attached hydrogen (secondary N) is 2.